The van der Waals surface area contributed by atoms with E-state index in [0.29, 0.717) is 11.3 Å². The number of benzene rings is 4. The van der Waals surface area contributed by atoms with Crippen LogP contribution >= 0.6 is 0 Å². The summed E-state index contributed by atoms with van der Waals surface area (Å²) in [7, 11) is 0. The first kappa shape index (κ1) is 21.2. The molecule has 1 heterocycles. The normalized spacial score (nSPS) is 11.1. The predicted molar refractivity (Wildman–Crippen MR) is 135 cm³/mol. The van der Waals surface area contributed by atoms with Gasteiger partial charge < -0.3 is 10.6 Å². The van der Waals surface area contributed by atoms with Crippen molar-refractivity contribution in [2.24, 2.45) is 0 Å². The molecular formula is C28H21FN4O. The fourth-order valence-corrected chi connectivity index (χ4v) is 3.60. The molecule has 166 valence electrons. The molecule has 0 saturated heterocycles. The van der Waals surface area contributed by atoms with E-state index < -0.39 is 5.82 Å². The lowest BCUT2D eigenvalue weighted by atomic mass is 10.2. The van der Waals surface area contributed by atoms with Crippen LogP contribution in [-0.2, 0) is 0 Å². The van der Waals surface area contributed by atoms with Crippen LogP contribution in [0.2, 0.25) is 0 Å². The molecule has 5 rings (SSSR count). The van der Waals surface area contributed by atoms with Crippen LogP contribution in [0.3, 0.4) is 0 Å². The molecule has 0 saturated carbocycles. The molecule has 0 atom stereocenters. The first-order chi connectivity index (χ1) is 16.7. The van der Waals surface area contributed by atoms with Crippen molar-refractivity contribution in [3.63, 3.8) is 0 Å². The Morgan fingerprint density at radius 1 is 0.853 bits per heavy atom. The lowest BCUT2D eigenvalue weighted by molar-refractivity contribution is 0.102. The Bertz CT molecular complexity index is 1480. The Labute approximate surface area is 196 Å². The molecule has 2 N–H and O–H groups in total. The SMILES string of the molecule is O=C(Nc1cc(Nc2ccc3cnn(C=Cc4ccccc4)c3c2)ccc1F)c1ccccc1. The van der Waals surface area contributed by atoms with Gasteiger partial charge in [0.15, 0.2) is 0 Å². The number of nitrogens with one attached hydrogen (secondary N) is 2. The minimum absolute atomic E-state index is 0.107. The Kier molecular flexibility index (Phi) is 5.86. The van der Waals surface area contributed by atoms with Crippen molar-refractivity contribution in [3.8, 4) is 0 Å². The Morgan fingerprint density at radius 2 is 1.56 bits per heavy atom. The van der Waals surface area contributed by atoms with Gasteiger partial charge in [0.2, 0.25) is 0 Å². The molecule has 0 spiro atoms. The first-order valence-corrected chi connectivity index (χ1v) is 10.8. The highest BCUT2D eigenvalue weighted by Gasteiger charge is 2.10. The van der Waals surface area contributed by atoms with Gasteiger partial charge >= 0.3 is 0 Å². The van der Waals surface area contributed by atoms with Crippen LogP contribution in [0.15, 0.2) is 103 Å². The summed E-state index contributed by atoms with van der Waals surface area (Å²) in [6.45, 7) is 0. The van der Waals surface area contributed by atoms with E-state index in [1.165, 1.54) is 6.07 Å². The van der Waals surface area contributed by atoms with Crippen molar-refractivity contribution in [2.45, 2.75) is 0 Å². The third-order valence-electron chi connectivity index (χ3n) is 5.35. The fourth-order valence-electron chi connectivity index (χ4n) is 3.60. The number of nitrogens with zero attached hydrogens (tertiary/aromatic N) is 2. The second kappa shape index (κ2) is 9.42. The third-order valence-corrected chi connectivity index (χ3v) is 5.35. The van der Waals surface area contributed by atoms with Crippen molar-refractivity contribution >= 4 is 46.1 Å². The maximum absolute atomic E-state index is 14.4. The van der Waals surface area contributed by atoms with E-state index in [2.05, 4.69) is 15.7 Å². The maximum Gasteiger partial charge on any atom is 0.255 e. The van der Waals surface area contributed by atoms with Crippen molar-refractivity contribution in [1.82, 2.24) is 9.78 Å². The standard InChI is InChI=1S/C28H21FN4O/c29-25-14-13-23(17-26(25)32-28(34)21-9-5-2-6-10-21)31-24-12-11-22-19-30-33(27(22)18-24)16-15-20-7-3-1-4-8-20/h1-19,31H,(H,32,34). The van der Waals surface area contributed by atoms with Gasteiger partial charge in [0.1, 0.15) is 5.82 Å². The monoisotopic (exact) mass is 448 g/mol. The molecule has 5 aromatic rings. The minimum atomic E-state index is -0.505. The molecule has 0 aliphatic heterocycles. The van der Waals surface area contributed by atoms with Gasteiger partial charge in [-0.3, -0.25) is 4.79 Å². The zero-order chi connectivity index (χ0) is 23.3. The molecule has 0 radical (unpaired) electrons. The van der Waals surface area contributed by atoms with Crippen LogP contribution < -0.4 is 10.6 Å². The molecule has 0 bridgehead atoms. The second-order valence-electron chi connectivity index (χ2n) is 7.73. The van der Waals surface area contributed by atoms with E-state index in [-0.39, 0.29) is 11.6 Å². The van der Waals surface area contributed by atoms with Crippen LogP contribution in [0, 0.1) is 5.82 Å². The topological polar surface area (TPSA) is 59.0 Å². The molecule has 0 aliphatic carbocycles. The molecule has 4 aromatic carbocycles. The number of fused-ring (bicyclic) bond motifs is 1. The zero-order valence-electron chi connectivity index (χ0n) is 18.2. The zero-order valence-corrected chi connectivity index (χ0v) is 18.2. The molecular weight excluding hydrogens is 427 g/mol. The summed E-state index contributed by atoms with van der Waals surface area (Å²) in [5.41, 5.74) is 4.04. The van der Waals surface area contributed by atoms with Gasteiger partial charge in [-0.25, -0.2) is 9.07 Å². The van der Waals surface area contributed by atoms with Gasteiger partial charge in [-0.2, -0.15) is 5.10 Å². The molecule has 0 unspecified atom stereocenters. The molecule has 0 fully saturated rings. The number of carbonyl (C=O) groups is 1. The van der Waals surface area contributed by atoms with Crippen LogP contribution in [0.4, 0.5) is 21.5 Å². The number of rotatable bonds is 6. The van der Waals surface area contributed by atoms with E-state index >= 15 is 0 Å². The predicted octanol–water partition coefficient (Wildman–Crippen LogP) is 6.80. The van der Waals surface area contributed by atoms with Crippen LogP contribution in [-0.4, -0.2) is 15.7 Å². The number of amides is 1. The summed E-state index contributed by atoms with van der Waals surface area (Å²) in [5.74, 6) is -0.874. The van der Waals surface area contributed by atoms with Crippen molar-refractivity contribution < 1.29 is 9.18 Å². The minimum Gasteiger partial charge on any atom is -0.355 e. The molecule has 6 heteroatoms. The van der Waals surface area contributed by atoms with Gasteiger partial charge in [0.05, 0.1) is 17.4 Å². The van der Waals surface area contributed by atoms with Gasteiger partial charge in [0, 0.05) is 28.5 Å². The number of halogens is 1. The lowest BCUT2D eigenvalue weighted by Gasteiger charge is -2.11. The lowest BCUT2D eigenvalue weighted by Crippen LogP contribution is -2.13. The highest BCUT2D eigenvalue weighted by Crippen LogP contribution is 2.26. The number of hydrogen-bond donors (Lipinski definition) is 2. The van der Waals surface area contributed by atoms with Crippen LogP contribution in [0.1, 0.15) is 15.9 Å². The Morgan fingerprint density at radius 3 is 2.35 bits per heavy atom. The molecule has 0 aliphatic rings. The highest BCUT2D eigenvalue weighted by molar-refractivity contribution is 6.04. The summed E-state index contributed by atoms with van der Waals surface area (Å²) in [6, 6.07) is 29.1. The Balaban J connectivity index is 1.37. The number of aromatic nitrogens is 2. The average molecular weight is 449 g/mol. The van der Waals surface area contributed by atoms with Gasteiger partial charge in [-0.1, -0.05) is 48.5 Å². The maximum atomic E-state index is 14.4. The summed E-state index contributed by atoms with van der Waals surface area (Å²) in [5, 5.41) is 11.4. The molecule has 1 aromatic heterocycles. The number of anilines is 3. The van der Waals surface area contributed by atoms with Crippen LogP contribution in [0.25, 0.3) is 23.2 Å². The largest absolute Gasteiger partial charge is 0.355 e. The van der Waals surface area contributed by atoms with E-state index in [0.717, 1.165) is 22.2 Å². The van der Waals surface area contributed by atoms with Crippen molar-refractivity contribution in [2.75, 3.05) is 10.6 Å². The van der Waals surface area contributed by atoms with Gasteiger partial charge in [0.25, 0.3) is 5.91 Å². The quantitative estimate of drug-likeness (QED) is 0.300. The highest BCUT2D eigenvalue weighted by atomic mass is 19.1. The average Bonchev–Trinajstić information content (AvgIpc) is 3.28. The summed E-state index contributed by atoms with van der Waals surface area (Å²) in [4.78, 5) is 12.4. The Hall–Kier alpha value is -4.71. The molecule has 5 nitrogen and oxygen atoms in total. The number of hydrogen-bond acceptors (Lipinski definition) is 3. The molecule has 1 amide bonds. The third kappa shape index (κ3) is 4.71. The van der Waals surface area contributed by atoms with Gasteiger partial charge in [-0.05, 0) is 60.2 Å². The fraction of sp³-hybridized carbons (Fsp3) is 0. The van der Waals surface area contributed by atoms with E-state index in [1.807, 2.05) is 77.8 Å². The first-order valence-electron chi connectivity index (χ1n) is 10.8. The van der Waals surface area contributed by atoms with E-state index in [4.69, 9.17) is 0 Å². The second-order valence-corrected chi connectivity index (χ2v) is 7.73. The van der Waals surface area contributed by atoms with E-state index in [1.54, 1.807) is 36.4 Å². The number of carbonyl (C=O) groups excluding carboxylic acids is 1. The summed E-state index contributed by atoms with van der Waals surface area (Å²) >= 11 is 0. The van der Waals surface area contributed by atoms with E-state index in [9.17, 15) is 9.18 Å². The smallest absolute Gasteiger partial charge is 0.255 e. The van der Waals surface area contributed by atoms with Gasteiger partial charge in [-0.15, -0.1) is 0 Å². The summed E-state index contributed by atoms with van der Waals surface area (Å²) < 4.78 is 16.2. The summed E-state index contributed by atoms with van der Waals surface area (Å²) in [6.07, 6.45) is 5.72. The van der Waals surface area contributed by atoms with Crippen LogP contribution in [0.5, 0.6) is 0 Å². The molecule has 34 heavy (non-hydrogen) atoms. The van der Waals surface area contributed by atoms with Crippen molar-refractivity contribution in [3.05, 3.63) is 120 Å². The van der Waals surface area contributed by atoms with Crippen molar-refractivity contribution in [1.29, 1.82) is 0 Å².